The number of carbonyl (C=O) groups is 1. The number of carboxylic acid groups (broad SMARTS) is 1. The van der Waals surface area contributed by atoms with E-state index < -0.39 is 5.97 Å². The van der Waals surface area contributed by atoms with E-state index in [0.29, 0.717) is 19.4 Å². The highest BCUT2D eigenvalue weighted by Crippen LogP contribution is 1.93. The van der Waals surface area contributed by atoms with Gasteiger partial charge in [0.15, 0.2) is 0 Å². The molecule has 0 aromatic carbocycles. The summed E-state index contributed by atoms with van der Waals surface area (Å²) in [7, 11) is 0. The van der Waals surface area contributed by atoms with Gasteiger partial charge in [-0.05, 0) is 24.8 Å². The summed E-state index contributed by atoms with van der Waals surface area (Å²) in [5, 5.41) is 13.1. The van der Waals surface area contributed by atoms with Crippen LogP contribution in [0.3, 0.4) is 0 Å². The van der Waals surface area contributed by atoms with Gasteiger partial charge in [-0.15, -0.1) is 0 Å². The third kappa shape index (κ3) is 6.78. The van der Waals surface area contributed by atoms with Crippen molar-refractivity contribution in [3.8, 4) is 0 Å². The van der Waals surface area contributed by atoms with Gasteiger partial charge in [0.05, 0.1) is 0 Å². The molecule has 0 atom stereocenters. The highest BCUT2D eigenvalue weighted by Gasteiger charge is 1.86. The first kappa shape index (κ1) is 8.78. The zero-order chi connectivity index (χ0) is 7.82. The van der Waals surface area contributed by atoms with E-state index in [4.69, 9.17) is 5.53 Å². The molecule has 0 aliphatic rings. The fraction of sp³-hybridized carbons (Fsp3) is 0.800. The maximum absolute atomic E-state index is 9.82. The van der Waals surface area contributed by atoms with Gasteiger partial charge in [-0.1, -0.05) is 5.11 Å². The van der Waals surface area contributed by atoms with Gasteiger partial charge in [-0.3, -0.25) is 0 Å². The van der Waals surface area contributed by atoms with E-state index in [1.54, 1.807) is 0 Å². The molecule has 5 heteroatoms. The molecule has 0 aliphatic heterocycles. The molecule has 0 aromatic rings. The third-order valence-corrected chi connectivity index (χ3v) is 0.952. The number of unbranched alkanes of at least 4 members (excludes halogenated alkanes) is 1. The van der Waals surface area contributed by atoms with Crippen LogP contribution in [0.1, 0.15) is 19.3 Å². The molecule has 0 aromatic heterocycles. The predicted octanol–water partition coefficient (Wildman–Crippen LogP) is 0.217. The van der Waals surface area contributed by atoms with Gasteiger partial charge in [0.25, 0.3) is 0 Å². The van der Waals surface area contributed by atoms with Gasteiger partial charge in [0, 0.05) is 17.4 Å². The summed E-state index contributed by atoms with van der Waals surface area (Å²) in [4.78, 5) is 12.3. The van der Waals surface area contributed by atoms with E-state index in [2.05, 4.69) is 10.0 Å². The Balaban J connectivity index is 3.05. The van der Waals surface area contributed by atoms with Crippen LogP contribution in [-0.4, -0.2) is 12.5 Å². The summed E-state index contributed by atoms with van der Waals surface area (Å²) < 4.78 is 0. The number of azide groups is 1. The quantitative estimate of drug-likeness (QED) is 0.238. The standard InChI is InChI=1S/C5H9N3O2/c6-8-7-4-2-1-3-5(9)10/h1-4H2,(H,9,10)/p-1. The SMILES string of the molecule is [N-]=[N+]=NCCCCC(=O)[O-]. The van der Waals surface area contributed by atoms with Crippen LogP contribution in [0.15, 0.2) is 5.11 Å². The molecule has 0 heterocycles. The van der Waals surface area contributed by atoms with Gasteiger partial charge < -0.3 is 9.90 Å². The lowest BCUT2D eigenvalue weighted by Crippen LogP contribution is -2.21. The molecule has 10 heavy (non-hydrogen) atoms. The summed E-state index contributed by atoms with van der Waals surface area (Å²) in [6.45, 7) is 0.365. The zero-order valence-electron chi connectivity index (χ0n) is 5.49. The molecule has 56 valence electrons. The fourth-order valence-corrected chi connectivity index (χ4v) is 0.497. The minimum Gasteiger partial charge on any atom is -0.550 e. The second-order valence-corrected chi connectivity index (χ2v) is 1.78. The summed E-state index contributed by atoms with van der Waals surface area (Å²) in [5.74, 6) is -1.05. The van der Waals surface area contributed by atoms with Crippen LogP contribution in [0.5, 0.6) is 0 Å². The van der Waals surface area contributed by atoms with E-state index in [1.807, 2.05) is 0 Å². The van der Waals surface area contributed by atoms with Crippen LogP contribution < -0.4 is 5.11 Å². The van der Waals surface area contributed by atoms with Gasteiger partial charge in [-0.25, -0.2) is 0 Å². The predicted molar refractivity (Wildman–Crippen MR) is 32.9 cm³/mol. The van der Waals surface area contributed by atoms with Gasteiger partial charge in [0.2, 0.25) is 0 Å². The number of rotatable bonds is 5. The molecule has 0 unspecified atom stereocenters. The summed E-state index contributed by atoms with van der Waals surface area (Å²) in [6.07, 6.45) is 1.17. The van der Waals surface area contributed by atoms with Crippen molar-refractivity contribution < 1.29 is 9.90 Å². The first-order chi connectivity index (χ1) is 4.77. The van der Waals surface area contributed by atoms with Crippen molar-refractivity contribution in [1.82, 2.24) is 0 Å². The van der Waals surface area contributed by atoms with Crippen molar-refractivity contribution in [2.24, 2.45) is 5.11 Å². The van der Waals surface area contributed by atoms with E-state index in [1.165, 1.54) is 0 Å². The smallest absolute Gasteiger partial charge is 0.0414 e. The number of carboxylic acids is 1. The third-order valence-electron chi connectivity index (χ3n) is 0.952. The van der Waals surface area contributed by atoms with Crippen LogP contribution in [0, 0.1) is 0 Å². The number of carbonyl (C=O) groups excluding carboxylic acids is 1. The molecular formula is C5H8N3O2-. The Kier molecular flexibility index (Phi) is 5.19. The molecular weight excluding hydrogens is 134 g/mol. The van der Waals surface area contributed by atoms with Crippen LogP contribution >= 0.6 is 0 Å². The Morgan fingerprint density at radius 3 is 2.80 bits per heavy atom. The highest BCUT2D eigenvalue weighted by atomic mass is 16.4. The molecule has 0 fully saturated rings. The molecule has 0 N–H and O–H groups in total. The van der Waals surface area contributed by atoms with Crippen molar-refractivity contribution in [3.05, 3.63) is 10.4 Å². The average Bonchev–Trinajstić information content (AvgIpc) is 1.87. The fourth-order valence-electron chi connectivity index (χ4n) is 0.497. The Bertz CT molecular complexity index is 147. The van der Waals surface area contributed by atoms with E-state index in [9.17, 15) is 9.90 Å². The normalized spacial score (nSPS) is 8.40. The number of hydrogen-bond acceptors (Lipinski definition) is 3. The Labute approximate surface area is 58.3 Å². The molecule has 0 saturated heterocycles. The van der Waals surface area contributed by atoms with Gasteiger partial charge >= 0.3 is 0 Å². The molecule has 0 bridgehead atoms. The Morgan fingerprint density at radius 1 is 1.60 bits per heavy atom. The van der Waals surface area contributed by atoms with E-state index in [-0.39, 0.29) is 6.42 Å². The minimum absolute atomic E-state index is 0.0426. The molecule has 0 saturated carbocycles. The van der Waals surface area contributed by atoms with Crippen molar-refractivity contribution in [3.63, 3.8) is 0 Å². The second kappa shape index (κ2) is 5.91. The topological polar surface area (TPSA) is 88.9 Å². The summed E-state index contributed by atoms with van der Waals surface area (Å²) in [6, 6.07) is 0. The second-order valence-electron chi connectivity index (χ2n) is 1.78. The lowest BCUT2D eigenvalue weighted by Gasteiger charge is -1.97. The molecule has 5 nitrogen and oxygen atoms in total. The van der Waals surface area contributed by atoms with Crippen LogP contribution in [0.2, 0.25) is 0 Å². The van der Waals surface area contributed by atoms with Gasteiger partial charge in [-0.2, -0.15) is 0 Å². The highest BCUT2D eigenvalue weighted by molar-refractivity contribution is 5.64. The maximum Gasteiger partial charge on any atom is 0.0414 e. The lowest BCUT2D eigenvalue weighted by atomic mass is 10.2. The lowest BCUT2D eigenvalue weighted by molar-refractivity contribution is -0.305. The van der Waals surface area contributed by atoms with Crippen LogP contribution in [-0.2, 0) is 4.79 Å². The minimum atomic E-state index is -1.05. The van der Waals surface area contributed by atoms with Crippen molar-refractivity contribution in [1.29, 1.82) is 0 Å². The van der Waals surface area contributed by atoms with Crippen LogP contribution in [0.25, 0.3) is 10.4 Å². The van der Waals surface area contributed by atoms with Crippen molar-refractivity contribution >= 4 is 5.97 Å². The number of aliphatic carboxylic acids is 1. The van der Waals surface area contributed by atoms with Crippen molar-refractivity contribution in [2.45, 2.75) is 19.3 Å². The summed E-state index contributed by atoms with van der Waals surface area (Å²) in [5.41, 5.74) is 7.80. The Hall–Kier alpha value is -1.22. The van der Waals surface area contributed by atoms with Gasteiger partial charge in [0.1, 0.15) is 0 Å². The Morgan fingerprint density at radius 2 is 2.30 bits per heavy atom. The van der Waals surface area contributed by atoms with E-state index >= 15 is 0 Å². The molecule has 0 amide bonds. The van der Waals surface area contributed by atoms with Crippen molar-refractivity contribution in [2.75, 3.05) is 6.54 Å². The number of hydrogen-bond donors (Lipinski definition) is 0. The molecule has 0 rings (SSSR count). The maximum atomic E-state index is 9.82. The van der Waals surface area contributed by atoms with Crippen LogP contribution in [0.4, 0.5) is 0 Å². The molecule has 0 aliphatic carbocycles. The monoisotopic (exact) mass is 142 g/mol. The first-order valence-electron chi connectivity index (χ1n) is 2.98. The molecule has 0 radical (unpaired) electrons. The first-order valence-corrected chi connectivity index (χ1v) is 2.98. The largest absolute Gasteiger partial charge is 0.550 e. The number of nitrogens with zero attached hydrogens (tertiary/aromatic N) is 3. The summed E-state index contributed by atoms with van der Waals surface area (Å²) >= 11 is 0. The van der Waals surface area contributed by atoms with E-state index in [0.717, 1.165) is 0 Å². The zero-order valence-corrected chi connectivity index (χ0v) is 5.49. The average molecular weight is 142 g/mol. The molecule has 0 spiro atoms.